The van der Waals surface area contributed by atoms with Crippen molar-refractivity contribution in [2.24, 2.45) is 0 Å². The molecule has 1 saturated carbocycles. The third-order valence-electron chi connectivity index (χ3n) is 2.85. The molecule has 16 heavy (non-hydrogen) atoms. The van der Waals surface area contributed by atoms with E-state index in [0.717, 1.165) is 22.6 Å². The zero-order chi connectivity index (χ0) is 11.1. The van der Waals surface area contributed by atoms with Gasteiger partial charge in [-0.1, -0.05) is 6.07 Å². The van der Waals surface area contributed by atoms with Gasteiger partial charge in [-0.3, -0.25) is 4.79 Å². The largest absolute Gasteiger partial charge is 0.440 e. The second kappa shape index (κ2) is 3.44. The first-order chi connectivity index (χ1) is 7.72. The Morgan fingerprint density at radius 1 is 1.50 bits per heavy atom. The average molecular weight is 215 g/mol. The summed E-state index contributed by atoms with van der Waals surface area (Å²) in [7, 11) is 0. The molecule has 0 unspecified atom stereocenters. The van der Waals surface area contributed by atoms with Crippen LogP contribution in [0.1, 0.15) is 37.1 Å². The first-order valence-corrected chi connectivity index (χ1v) is 5.61. The SMILES string of the molecule is CC(=O)Cc1ccc2nc(C3CC3)oc2c1. The van der Waals surface area contributed by atoms with Crippen molar-refractivity contribution in [3.63, 3.8) is 0 Å². The first-order valence-electron chi connectivity index (χ1n) is 5.61. The van der Waals surface area contributed by atoms with E-state index >= 15 is 0 Å². The molecule has 3 nitrogen and oxygen atoms in total. The quantitative estimate of drug-likeness (QED) is 0.790. The molecular weight excluding hydrogens is 202 g/mol. The molecule has 1 heterocycles. The molecule has 1 aromatic carbocycles. The van der Waals surface area contributed by atoms with Crippen molar-refractivity contribution in [2.45, 2.75) is 32.1 Å². The van der Waals surface area contributed by atoms with Gasteiger partial charge in [0, 0.05) is 12.3 Å². The number of Topliss-reactive ketones (excluding diaryl/α,β-unsaturated/α-hetero) is 1. The summed E-state index contributed by atoms with van der Waals surface area (Å²) in [5.41, 5.74) is 2.70. The van der Waals surface area contributed by atoms with Crippen LogP contribution in [0.3, 0.4) is 0 Å². The number of hydrogen-bond donors (Lipinski definition) is 0. The van der Waals surface area contributed by atoms with E-state index < -0.39 is 0 Å². The van der Waals surface area contributed by atoms with Crippen molar-refractivity contribution in [3.05, 3.63) is 29.7 Å². The minimum absolute atomic E-state index is 0.168. The van der Waals surface area contributed by atoms with Gasteiger partial charge < -0.3 is 4.42 Å². The summed E-state index contributed by atoms with van der Waals surface area (Å²) in [5.74, 6) is 1.56. The fourth-order valence-electron chi connectivity index (χ4n) is 1.89. The lowest BCUT2D eigenvalue weighted by Crippen LogP contribution is -1.95. The van der Waals surface area contributed by atoms with Crippen LogP contribution < -0.4 is 0 Å². The molecule has 0 radical (unpaired) electrons. The number of oxazole rings is 1. The Balaban J connectivity index is 1.99. The van der Waals surface area contributed by atoms with Crippen molar-refractivity contribution in [1.82, 2.24) is 4.98 Å². The summed E-state index contributed by atoms with van der Waals surface area (Å²) >= 11 is 0. The van der Waals surface area contributed by atoms with Crippen molar-refractivity contribution < 1.29 is 9.21 Å². The predicted molar refractivity (Wildman–Crippen MR) is 60.4 cm³/mol. The van der Waals surface area contributed by atoms with Crippen LogP contribution in [0.25, 0.3) is 11.1 Å². The van der Waals surface area contributed by atoms with Gasteiger partial charge in [0.25, 0.3) is 0 Å². The van der Waals surface area contributed by atoms with Gasteiger partial charge in [0.1, 0.15) is 11.3 Å². The van der Waals surface area contributed by atoms with Crippen molar-refractivity contribution >= 4 is 16.9 Å². The molecule has 1 aromatic heterocycles. The molecule has 0 aliphatic heterocycles. The third-order valence-corrected chi connectivity index (χ3v) is 2.85. The van der Waals surface area contributed by atoms with E-state index in [1.165, 1.54) is 12.8 Å². The van der Waals surface area contributed by atoms with Gasteiger partial charge in [-0.05, 0) is 37.5 Å². The Morgan fingerprint density at radius 2 is 2.31 bits per heavy atom. The number of benzene rings is 1. The van der Waals surface area contributed by atoms with E-state index in [1.54, 1.807) is 6.92 Å². The highest BCUT2D eigenvalue weighted by atomic mass is 16.3. The molecule has 0 atom stereocenters. The number of fused-ring (bicyclic) bond motifs is 1. The lowest BCUT2D eigenvalue weighted by molar-refractivity contribution is -0.116. The number of rotatable bonds is 3. The van der Waals surface area contributed by atoms with Gasteiger partial charge >= 0.3 is 0 Å². The molecule has 3 rings (SSSR count). The van der Waals surface area contributed by atoms with Crippen LogP contribution in [0, 0.1) is 0 Å². The Labute approximate surface area is 93.5 Å². The van der Waals surface area contributed by atoms with Gasteiger partial charge in [-0.15, -0.1) is 0 Å². The van der Waals surface area contributed by atoms with Gasteiger partial charge in [0.2, 0.25) is 0 Å². The summed E-state index contributed by atoms with van der Waals surface area (Å²) in [6.07, 6.45) is 2.84. The third kappa shape index (κ3) is 1.73. The monoisotopic (exact) mass is 215 g/mol. The fraction of sp³-hybridized carbons (Fsp3) is 0.385. The zero-order valence-electron chi connectivity index (χ0n) is 9.19. The standard InChI is InChI=1S/C13H13NO2/c1-8(15)6-9-2-5-11-12(7-9)16-13(14-11)10-3-4-10/h2,5,7,10H,3-4,6H2,1H3. The fourth-order valence-corrected chi connectivity index (χ4v) is 1.89. The first kappa shape index (κ1) is 9.58. The average Bonchev–Trinajstić information content (AvgIpc) is 2.98. The topological polar surface area (TPSA) is 43.1 Å². The lowest BCUT2D eigenvalue weighted by Gasteiger charge is -1.95. The number of aromatic nitrogens is 1. The number of ketones is 1. The molecule has 0 amide bonds. The Bertz CT molecular complexity index is 552. The summed E-state index contributed by atoms with van der Waals surface area (Å²) in [4.78, 5) is 15.5. The Kier molecular flexibility index (Phi) is 2.06. The molecule has 1 fully saturated rings. The second-order valence-corrected chi connectivity index (χ2v) is 4.51. The van der Waals surface area contributed by atoms with E-state index in [9.17, 15) is 4.79 Å². The van der Waals surface area contributed by atoms with E-state index in [0.29, 0.717) is 12.3 Å². The van der Waals surface area contributed by atoms with Crippen molar-refractivity contribution in [3.8, 4) is 0 Å². The minimum atomic E-state index is 0.168. The molecule has 1 aliphatic rings. The van der Waals surface area contributed by atoms with Crippen LogP contribution in [-0.4, -0.2) is 10.8 Å². The van der Waals surface area contributed by atoms with Gasteiger partial charge in [0.15, 0.2) is 11.5 Å². The number of carbonyl (C=O) groups is 1. The summed E-state index contributed by atoms with van der Waals surface area (Å²) in [5, 5.41) is 0. The molecule has 1 aliphatic carbocycles. The highest BCUT2D eigenvalue weighted by molar-refractivity contribution is 5.80. The highest BCUT2D eigenvalue weighted by Gasteiger charge is 2.28. The molecule has 0 spiro atoms. The number of nitrogens with zero attached hydrogens (tertiary/aromatic N) is 1. The maximum atomic E-state index is 11.0. The van der Waals surface area contributed by atoms with Gasteiger partial charge in [-0.2, -0.15) is 0 Å². The summed E-state index contributed by atoms with van der Waals surface area (Å²) in [6.45, 7) is 1.60. The lowest BCUT2D eigenvalue weighted by atomic mass is 10.1. The molecule has 0 bridgehead atoms. The minimum Gasteiger partial charge on any atom is -0.440 e. The highest BCUT2D eigenvalue weighted by Crippen LogP contribution is 2.40. The number of hydrogen-bond acceptors (Lipinski definition) is 3. The molecule has 3 heteroatoms. The van der Waals surface area contributed by atoms with Gasteiger partial charge in [0.05, 0.1) is 0 Å². The van der Waals surface area contributed by atoms with Crippen molar-refractivity contribution in [2.75, 3.05) is 0 Å². The van der Waals surface area contributed by atoms with Crippen LogP contribution in [0.5, 0.6) is 0 Å². The predicted octanol–water partition coefficient (Wildman–Crippen LogP) is 2.84. The Morgan fingerprint density at radius 3 is 3.00 bits per heavy atom. The van der Waals surface area contributed by atoms with Crippen LogP contribution in [0.15, 0.2) is 22.6 Å². The van der Waals surface area contributed by atoms with Crippen LogP contribution in [0.4, 0.5) is 0 Å². The zero-order valence-corrected chi connectivity index (χ0v) is 9.19. The molecular formula is C13H13NO2. The summed E-state index contributed by atoms with van der Waals surface area (Å²) < 4.78 is 5.69. The second-order valence-electron chi connectivity index (χ2n) is 4.51. The van der Waals surface area contributed by atoms with Crippen LogP contribution in [0.2, 0.25) is 0 Å². The molecule has 82 valence electrons. The van der Waals surface area contributed by atoms with E-state index in [2.05, 4.69) is 4.98 Å². The molecule has 0 saturated heterocycles. The normalized spacial score (nSPS) is 15.6. The van der Waals surface area contributed by atoms with Crippen LogP contribution in [-0.2, 0) is 11.2 Å². The molecule has 2 aromatic rings. The van der Waals surface area contributed by atoms with Gasteiger partial charge in [-0.25, -0.2) is 4.98 Å². The maximum Gasteiger partial charge on any atom is 0.198 e. The molecule has 0 N–H and O–H groups in total. The van der Waals surface area contributed by atoms with E-state index in [1.807, 2.05) is 18.2 Å². The summed E-state index contributed by atoms with van der Waals surface area (Å²) in [6, 6.07) is 5.81. The Hall–Kier alpha value is -1.64. The van der Waals surface area contributed by atoms with E-state index in [4.69, 9.17) is 4.42 Å². The van der Waals surface area contributed by atoms with Crippen molar-refractivity contribution in [1.29, 1.82) is 0 Å². The maximum absolute atomic E-state index is 11.0. The van der Waals surface area contributed by atoms with E-state index in [-0.39, 0.29) is 5.78 Å². The van der Waals surface area contributed by atoms with Crippen LogP contribution >= 0.6 is 0 Å². The smallest absolute Gasteiger partial charge is 0.198 e. The number of carbonyl (C=O) groups excluding carboxylic acids is 1.